The van der Waals surface area contributed by atoms with Crippen LogP contribution in [0.15, 0.2) is 53.4 Å². The van der Waals surface area contributed by atoms with Crippen LogP contribution in [0.3, 0.4) is 0 Å². The maximum Gasteiger partial charge on any atom is 0.242 e. The van der Waals surface area contributed by atoms with E-state index in [2.05, 4.69) is 6.07 Å². The average molecular weight is 309 g/mol. The quantitative estimate of drug-likeness (QED) is 0.851. The van der Waals surface area contributed by atoms with Crippen molar-refractivity contribution < 1.29 is 8.42 Å². The van der Waals surface area contributed by atoms with E-state index in [4.69, 9.17) is 11.6 Å². The lowest BCUT2D eigenvalue weighted by Crippen LogP contribution is -2.29. The van der Waals surface area contributed by atoms with Gasteiger partial charge in [0.2, 0.25) is 10.0 Å². The lowest BCUT2D eigenvalue weighted by atomic mass is 10.2. The van der Waals surface area contributed by atoms with Crippen LogP contribution in [0.4, 0.5) is 0 Å². The van der Waals surface area contributed by atoms with Crippen LogP contribution in [0, 0.1) is 6.07 Å². The maximum atomic E-state index is 12.3. The van der Waals surface area contributed by atoms with Crippen LogP contribution in [0.2, 0.25) is 5.02 Å². The number of sulfonamides is 1. The summed E-state index contributed by atoms with van der Waals surface area (Å²) in [5.41, 5.74) is 1.09. The first kappa shape index (κ1) is 15.0. The predicted molar refractivity (Wildman–Crippen MR) is 80.2 cm³/mol. The number of rotatable bonds is 5. The first-order valence-corrected chi connectivity index (χ1v) is 7.99. The predicted octanol–water partition coefficient (Wildman–Crippen LogP) is 3.00. The number of likely N-dealkylation sites (N-methyl/N-ethyl adjacent to an activating group) is 1. The van der Waals surface area contributed by atoms with Gasteiger partial charge in [-0.1, -0.05) is 35.9 Å². The molecule has 20 heavy (non-hydrogen) atoms. The minimum absolute atomic E-state index is 0.255. The highest BCUT2D eigenvalue weighted by Crippen LogP contribution is 2.17. The number of halogens is 1. The van der Waals surface area contributed by atoms with E-state index in [0.29, 0.717) is 18.0 Å². The molecular weight excluding hydrogens is 294 g/mol. The number of nitrogens with zero attached hydrogens (tertiary/aromatic N) is 1. The molecule has 0 amide bonds. The maximum absolute atomic E-state index is 12.3. The first-order chi connectivity index (χ1) is 9.50. The van der Waals surface area contributed by atoms with Crippen LogP contribution >= 0.6 is 11.6 Å². The second-order valence-electron chi connectivity index (χ2n) is 4.44. The van der Waals surface area contributed by atoms with Crippen molar-refractivity contribution in [3.05, 3.63) is 65.2 Å². The third-order valence-corrected chi connectivity index (χ3v) is 5.15. The van der Waals surface area contributed by atoms with Gasteiger partial charge in [-0.05, 0) is 42.3 Å². The highest BCUT2D eigenvalue weighted by atomic mass is 35.5. The van der Waals surface area contributed by atoms with E-state index in [1.54, 1.807) is 19.2 Å². The van der Waals surface area contributed by atoms with Gasteiger partial charge in [0.25, 0.3) is 0 Å². The Labute approximate surface area is 124 Å². The van der Waals surface area contributed by atoms with E-state index < -0.39 is 10.0 Å². The van der Waals surface area contributed by atoms with Gasteiger partial charge < -0.3 is 0 Å². The molecule has 0 atom stereocenters. The Morgan fingerprint density at radius 2 is 1.70 bits per heavy atom. The molecule has 1 radical (unpaired) electrons. The van der Waals surface area contributed by atoms with Crippen molar-refractivity contribution in [1.29, 1.82) is 0 Å². The minimum Gasteiger partial charge on any atom is -0.207 e. The van der Waals surface area contributed by atoms with Crippen molar-refractivity contribution in [1.82, 2.24) is 4.31 Å². The van der Waals surface area contributed by atoms with Gasteiger partial charge in [0.1, 0.15) is 0 Å². The first-order valence-electron chi connectivity index (χ1n) is 6.17. The molecule has 0 aliphatic heterocycles. The molecule has 0 aliphatic carbocycles. The van der Waals surface area contributed by atoms with Gasteiger partial charge in [-0.25, -0.2) is 12.7 Å². The summed E-state index contributed by atoms with van der Waals surface area (Å²) in [7, 11) is -1.88. The zero-order chi connectivity index (χ0) is 14.6. The Morgan fingerprint density at radius 1 is 1.10 bits per heavy atom. The van der Waals surface area contributed by atoms with Crippen molar-refractivity contribution in [3.8, 4) is 0 Å². The normalized spacial score (nSPS) is 11.8. The minimum atomic E-state index is -3.46. The summed E-state index contributed by atoms with van der Waals surface area (Å²) in [5.74, 6) is 0. The molecular formula is C15H15ClNO2S. The largest absolute Gasteiger partial charge is 0.242 e. The molecule has 2 aromatic carbocycles. The molecule has 0 aliphatic rings. The second-order valence-corrected chi connectivity index (χ2v) is 6.92. The molecule has 0 heterocycles. The van der Waals surface area contributed by atoms with Crippen LogP contribution in [-0.4, -0.2) is 26.3 Å². The van der Waals surface area contributed by atoms with Crippen molar-refractivity contribution in [2.75, 3.05) is 13.6 Å². The lowest BCUT2D eigenvalue weighted by Gasteiger charge is -2.17. The summed E-state index contributed by atoms with van der Waals surface area (Å²) in [6.07, 6.45) is 0.665. The van der Waals surface area contributed by atoms with Crippen molar-refractivity contribution >= 4 is 21.6 Å². The monoisotopic (exact) mass is 308 g/mol. The van der Waals surface area contributed by atoms with Gasteiger partial charge in [-0.2, -0.15) is 0 Å². The molecule has 0 saturated heterocycles. The number of hydrogen-bond acceptors (Lipinski definition) is 2. The molecule has 105 valence electrons. The third-order valence-electron chi connectivity index (χ3n) is 3.02. The van der Waals surface area contributed by atoms with Crippen LogP contribution in [0.25, 0.3) is 0 Å². The Hall–Kier alpha value is -1.36. The summed E-state index contributed by atoms with van der Waals surface area (Å²) in [6.45, 7) is 0.426. The molecule has 0 saturated carbocycles. The average Bonchev–Trinajstić information content (AvgIpc) is 2.46. The summed E-state index contributed by atoms with van der Waals surface area (Å²) in [4.78, 5) is 0.255. The number of hydrogen-bond donors (Lipinski definition) is 0. The fourth-order valence-corrected chi connectivity index (χ4v) is 3.08. The van der Waals surface area contributed by atoms with Gasteiger partial charge in [-0.15, -0.1) is 0 Å². The van der Waals surface area contributed by atoms with Gasteiger partial charge in [0.05, 0.1) is 4.90 Å². The molecule has 0 spiro atoms. The van der Waals surface area contributed by atoms with Gasteiger partial charge in [0, 0.05) is 18.6 Å². The Bertz CT molecular complexity index is 654. The summed E-state index contributed by atoms with van der Waals surface area (Å²) in [5, 5.41) is 0.520. The Balaban J connectivity index is 2.08. The topological polar surface area (TPSA) is 37.4 Å². The molecule has 0 N–H and O–H groups in total. The molecule has 5 heteroatoms. The van der Waals surface area contributed by atoms with Gasteiger partial charge in [-0.3, -0.25) is 0 Å². The van der Waals surface area contributed by atoms with Crippen molar-refractivity contribution in [2.45, 2.75) is 11.3 Å². The van der Waals surface area contributed by atoms with Crippen LogP contribution in [0.1, 0.15) is 5.56 Å². The van der Waals surface area contributed by atoms with Crippen LogP contribution in [-0.2, 0) is 16.4 Å². The molecule has 0 unspecified atom stereocenters. The van der Waals surface area contributed by atoms with Crippen molar-refractivity contribution in [3.63, 3.8) is 0 Å². The zero-order valence-electron chi connectivity index (χ0n) is 11.1. The van der Waals surface area contributed by atoms with Crippen molar-refractivity contribution in [2.24, 2.45) is 0 Å². The van der Waals surface area contributed by atoms with Crippen LogP contribution < -0.4 is 0 Å². The molecule has 3 nitrogen and oxygen atoms in total. The van der Waals surface area contributed by atoms with Gasteiger partial charge in [0.15, 0.2) is 0 Å². The van der Waals surface area contributed by atoms with E-state index in [1.807, 2.05) is 24.3 Å². The van der Waals surface area contributed by atoms with E-state index in [1.165, 1.54) is 16.4 Å². The van der Waals surface area contributed by atoms with E-state index >= 15 is 0 Å². The lowest BCUT2D eigenvalue weighted by molar-refractivity contribution is 0.472. The molecule has 2 rings (SSSR count). The summed E-state index contributed by atoms with van der Waals surface area (Å²) < 4.78 is 26.0. The molecule has 0 aromatic heterocycles. The number of benzene rings is 2. The summed E-state index contributed by atoms with van der Waals surface area (Å²) in [6, 6.07) is 16.6. The van der Waals surface area contributed by atoms with E-state index in [0.717, 1.165) is 5.56 Å². The Kier molecular flexibility index (Phi) is 4.81. The zero-order valence-corrected chi connectivity index (χ0v) is 12.7. The van der Waals surface area contributed by atoms with Gasteiger partial charge >= 0.3 is 0 Å². The van der Waals surface area contributed by atoms with Crippen LogP contribution in [0.5, 0.6) is 0 Å². The Morgan fingerprint density at radius 3 is 2.30 bits per heavy atom. The molecule has 0 fully saturated rings. The summed E-state index contributed by atoms with van der Waals surface area (Å²) >= 11 is 5.77. The fourth-order valence-electron chi connectivity index (χ4n) is 1.78. The molecule has 2 aromatic rings. The van der Waals surface area contributed by atoms with E-state index in [9.17, 15) is 8.42 Å². The standard InChI is InChI=1S/C15H15ClNO2S/c1-17(12-11-13-5-3-2-4-6-13)20(18,19)15-9-7-14(16)8-10-15/h3-10H,11-12H2,1H3. The second kappa shape index (κ2) is 6.39. The highest BCUT2D eigenvalue weighted by Gasteiger charge is 2.20. The highest BCUT2D eigenvalue weighted by molar-refractivity contribution is 7.89. The molecule has 0 bridgehead atoms. The van der Waals surface area contributed by atoms with E-state index in [-0.39, 0.29) is 4.90 Å². The SMILES string of the molecule is CN(CCc1cc[c]cc1)S(=O)(=O)c1ccc(Cl)cc1. The smallest absolute Gasteiger partial charge is 0.207 e. The fraction of sp³-hybridized carbons (Fsp3) is 0.200. The third kappa shape index (κ3) is 3.60.